The van der Waals surface area contributed by atoms with Crippen LogP contribution in [0.2, 0.25) is 0 Å². The van der Waals surface area contributed by atoms with Crippen LogP contribution in [0.1, 0.15) is 17.2 Å². The molecule has 2 N–H and O–H groups in total. The average Bonchev–Trinajstić information content (AvgIpc) is 2.42. The van der Waals surface area contributed by atoms with Crippen LogP contribution in [0.15, 0.2) is 53.4 Å². The van der Waals surface area contributed by atoms with Crippen molar-refractivity contribution in [1.29, 1.82) is 0 Å². The molecular formula is C16H17NOS. The van der Waals surface area contributed by atoms with Gasteiger partial charge in [0.2, 0.25) is 0 Å². The SMILES string of the molecule is Cc1cccc(SC2COc3ccccc3C2N)c1. The quantitative estimate of drug-likeness (QED) is 0.907. The zero-order valence-corrected chi connectivity index (χ0v) is 11.7. The summed E-state index contributed by atoms with van der Waals surface area (Å²) in [7, 11) is 0. The number of para-hydroxylation sites is 1. The second-order valence-corrected chi connectivity index (χ2v) is 6.16. The molecule has 0 fully saturated rings. The van der Waals surface area contributed by atoms with Gasteiger partial charge in [0.1, 0.15) is 12.4 Å². The molecule has 2 unspecified atom stereocenters. The van der Waals surface area contributed by atoms with E-state index in [0.29, 0.717) is 6.61 Å². The molecule has 0 amide bonds. The highest BCUT2D eigenvalue weighted by Crippen LogP contribution is 2.38. The summed E-state index contributed by atoms with van der Waals surface area (Å²) in [5.74, 6) is 0.927. The van der Waals surface area contributed by atoms with Gasteiger partial charge in [0.15, 0.2) is 0 Å². The lowest BCUT2D eigenvalue weighted by molar-refractivity contribution is 0.276. The topological polar surface area (TPSA) is 35.2 Å². The van der Waals surface area contributed by atoms with Crippen LogP contribution in [0.3, 0.4) is 0 Å². The molecule has 1 aliphatic heterocycles. The van der Waals surface area contributed by atoms with Crippen molar-refractivity contribution in [3.8, 4) is 5.75 Å². The molecule has 19 heavy (non-hydrogen) atoms. The van der Waals surface area contributed by atoms with Crippen LogP contribution in [-0.4, -0.2) is 11.9 Å². The first-order valence-corrected chi connectivity index (χ1v) is 7.32. The average molecular weight is 271 g/mol. The van der Waals surface area contributed by atoms with Gasteiger partial charge in [-0.1, -0.05) is 35.9 Å². The Hall–Kier alpha value is -1.45. The minimum Gasteiger partial charge on any atom is -0.492 e. The minimum atomic E-state index is 0.0236. The smallest absolute Gasteiger partial charge is 0.124 e. The number of thioether (sulfide) groups is 1. The van der Waals surface area contributed by atoms with E-state index in [4.69, 9.17) is 10.5 Å². The number of benzene rings is 2. The Bertz CT molecular complexity index is 584. The van der Waals surface area contributed by atoms with Crippen molar-refractivity contribution < 1.29 is 4.74 Å². The van der Waals surface area contributed by atoms with Crippen LogP contribution in [0.5, 0.6) is 5.75 Å². The highest BCUT2D eigenvalue weighted by Gasteiger charge is 2.28. The highest BCUT2D eigenvalue weighted by atomic mass is 32.2. The van der Waals surface area contributed by atoms with Gasteiger partial charge in [0.25, 0.3) is 0 Å². The summed E-state index contributed by atoms with van der Waals surface area (Å²) >= 11 is 1.80. The zero-order valence-electron chi connectivity index (χ0n) is 10.9. The summed E-state index contributed by atoms with van der Waals surface area (Å²) in [6.45, 7) is 2.77. The van der Waals surface area contributed by atoms with Crippen molar-refractivity contribution in [1.82, 2.24) is 0 Å². The van der Waals surface area contributed by atoms with Gasteiger partial charge >= 0.3 is 0 Å². The fourth-order valence-corrected chi connectivity index (χ4v) is 3.52. The van der Waals surface area contributed by atoms with E-state index < -0.39 is 0 Å². The maximum absolute atomic E-state index is 6.38. The number of ether oxygens (including phenoxy) is 1. The third-order valence-electron chi connectivity index (χ3n) is 3.36. The molecule has 0 spiro atoms. The fraction of sp³-hybridized carbons (Fsp3) is 0.250. The largest absolute Gasteiger partial charge is 0.492 e. The predicted octanol–water partition coefficient (Wildman–Crippen LogP) is 3.55. The van der Waals surface area contributed by atoms with Crippen molar-refractivity contribution in [3.05, 3.63) is 59.7 Å². The molecule has 3 rings (SSSR count). The second kappa shape index (κ2) is 5.27. The van der Waals surface area contributed by atoms with Crippen molar-refractivity contribution in [2.75, 3.05) is 6.61 Å². The summed E-state index contributed by atoms with van der Waals surface area (Å²) in [6.07, 6.45) is 0. The van der Waals surface area contributed by atoms with Crippen LogP contribution < -0.4 is 10.5 Å². The standard InChI is InChI=1S/C16H17NOS/c1-11-5-4-6-12(9-11)19-15-10-18-14-8-3-2-7-13(14)16(15)17/h2-9,15-16H,10,17H2,1H3. The molecule has 98 valence electrons. The van der Waals surface area contributed by atoms with E-state index in [2.05, 4.69) is 37.3 Å². The first-order valence-electron chi connectivity index (χ1n) is 6.44. The first-order chi connectivity index (χ1) is 9.24. The van der Waals surface area contributed by atoms with Gasteiger partial charge in [-0.05, 0) is 25.1 Å². The van der Waals surface area contributed by atoms with Gasteiger partial charge in [-0.2, -0.15) is 0 Å². The van der Waals surface area contributed by atoms with Gasteiger partial charge in [0.05, 0.1) is 5.25 Å². The van der Waals surface area contributed by atoms with Gasteiger partial charge < -0.3 is 10.5 Å². The summed E-state index contributed by atoms with van der Waals surface area (Å²) in [6, 6.07) is 16.6. The predicted molar refractivity (Wildman–Crippen MR) is 79.7 cm³/mol. The van der Waals surface area contributed by atoms with Crippen molar-refractivity contribution in [2.24, 2.45) is 5.73 Å². The Labute approximate surface area is 118 Å². The van der Waals surface area contributed by atoms with Crippen LogP contribution in [-0.2, 0) is 0 Å². The highest BCUT2D eigenvalue weighted by molar-refractivity contribution is 8.00. The fourth-order valence-electron chi connectivity index (χ4n) is 2.33. The lowest BCUT2D eigenvalue weighted by Crippen LogP contribution is -2.33. The molecule has 0 aliphatic carbocycles. The summed E-state index contributed by atoms with van der Waals surface area (Å²) < 4.78 is 5.81. The maximum Gasteiger partial charge on any atom is 0.124 e. The number of hydrogen-bond donors (Lipinski definition) is 1. The maximum atomic E-state index is 6.38. The van der Waals surface area contributed by atoms with E-state index in [1.165, 1.54) is 10.5 Å². The third-order valence-corrected chi connectivity index (χ3v) is 4.62. The lowest BCUT2D eigenvalue weighted by Gasteiger charge is -2.30. The summed E-state index contributed by atoms with van der Waals surface area (Å²) in [5, 5.41) is 0.261. The van der Waals surface area contributed by atoms with E-state index in [1.807, 2.05) is 18.2 Å². The van der Waals surface area contributed by atoms with Crippen molar-refractivity contribution >= 4 is 11.8 Å². The number of aryl methyl sites for hydroxylation is 1. The Morgan fingerprint density at radius 2 is 2.00 bits per heavy atom. The molecule has 0 bridgehead atoms. The van der Waals surface area contributed by atoms with Crippen LogP contribution in [0.25, 0.3) is 0 Å². The molecule has 2 aromatic rings. The van der Waals surface area contributed by atoms with Gasteiger partial charge in [-0.25, -0.2) is 0 Å². The molecule has 0 saturated carbocycles. The molecule has 1 heterocycles. The molecular weight excluding hydrogens is 254 g/mol. The van der Waals surface area contributed by atoms with Crippen molar-refractivity contribution in [2.45, 2.75) is 23.1 Å². The molecule has 1 aliphatic rings. The normalized spacial score (nSPS) is 21.6. The number of fused-ring (bicyclic) bond motifs is 1. The van der Waals surface area contributed by atoms with Crippen LogP contribution >= 0.6 is 11.8 Å². The molecule has 2 aromatic carbocycles. The van der Waals surface area contributed by atoms with E-state index in [-0.39, 0.29) is 11.3 Å². The number of hydrogen-bond acceptors (Lipinski definition) is 3. The monoisotopic (exact) mass is 271 g/mol. The van der Waals surface area contributed by atoms with Gasteiger partial charge in [-0.3, -0.25) is 0 Å². The molecule has 2 nitrogen and oxygen atoms in total. The zero-order chi connectivity index (χ0) is 13.2. The van der Waals surface area contributed by atoms with E-state index in [9.17, 15) is 0 Å². The summed E-state index contributed by atoms with van der Waals surface area (Å²) in [5.41, 5.74) is 8.76. The van der Waals surface area contributed by atoms with Gasteiger partial charge in [0, 0.05) is 16.5 Å². The van der Waals surface area contributed by atoms with E-state index >= 15 is 0 Å². The van der Waals surface area contributed by atoms with Gasteiger partial charge in [-0.15, -0.1) is 11.8 Å². The lowest BCUT2D eigenvalue weighted by atomic mass is 10.0. The van der Waals surface area contributed by atoms with Crippen LogP contribution in [0, 0.1) is 6.92 Å². The van der Waals surface area contributed by atoms with E-state index in [0.717, 1.165) is 11.3 Å². The number of rotatable bonds is 2. The Morgan fingerprint density at radius 3 is 2.84 bits per heavy atom. The van der Waals surface area contributed by atoms with E-state index in [1.54, 1.807) is 11.8 Å². The molecule has 0 saturated heterocycles. The Balaban J connectivity index is 1.81. The third kappa shape index (κ3) is 2.62. The number of nitrogens with two attached hydrogens (primary N) is 1. The second-order valence-electron chi connectivity index (χ2n) is 4.85. The molecule has 0 radical (unpaired) electrons. The summed E-state index contributed by atoms with van der Waals surface area (Å²) in [4.78, 5) is 1.25. The Morgan fingerprint density at radius 1 is 1.16 bits per heavy atom. The minimum absolute atomic E-state index is 0.0236. The molecule has 2 atom stereocenters. The Kier molecular flexibility index (Phi) is 3.49. The molecule has 3 heteroatoms. The molecule has 0 aromatic heterocycles. The van der Waals surface area contributed by atoms with Crippen LogP contribution in [0.4, 0.5) is 0 Å². The van der Waals surface area contributed by atoms with Crippen molar-refractivity contribution in [3.63, 3.8) is 0 Å². The first kappa shape index (κ1) is 12.6.